The number of nitrogens with two attached hydrogens (primary N) is 1. The zero-order valence-electron chi connectivity index (χ0n) is 14.5. The van der Waals surface area contributed by atoms with E-state index in [-0.39, 0.29) is 12.0 Å². The van der Waals surface area contributed by atoms with Crippen molar-refractivity contribution in [2.45, 2.75) is 32.3 Å². The molecule has 0 unspecified atom stereocenters. The summed E-state index contributed by atoms with van der Waals surface area (Å²) in [5.74, 6) is 0.0728. The van der Waals surface area contributed by atoms with Crippen LogP contribution in [0.2, 0.25) is 0 Å². The highest BCUT2D eigenvalue weighted by atomic mass is 16.5. The second-order valence-electron chi connectivity index (χ2n) is 6.91. The van der Waals surface area contributed by atoms with Gasteiger partial charge in [0.25, 0.3) is 5.91 Å². The molecule has 0 bridgehead atoms. The van der Waals surface area contributed by atoms with E-state index in [1.54, 1.807) is 0 Å². The number of anilines is 1. The number of carbonyl (C=O) groups excluding carboxylic acids is 1. The Morgan fingerprint density at radius 3 is 2.92 bits per heavy atom. The molecule has 1 aliphatic heterocycles. The molecule has 1 aromatic carbocycles. The molecule has 1 aliphatic carbocycles. The number of aryl methyl sites for hydroxylation is 3. The molecule has 1 amide bonds. The van der Waals surface area contributed by atoms with Crippen molar-refractivity contribution >= 4 is 11.6 Å². The Labute approximate surface area is 147 Å². The summed E-state index contributed by atoms with van der Waals surface area (Å²) in [4.78, 5) is 19.3. The van der Waals surface area contributed by atoms with Crippen molar-refractivity contribution in [2.24, 2.45) is 0 Å². The molecule has 4 rings (SSSR count). The van der Waals surface area contributed by atoms with E-state index in [1.807, 2.05) is 30.0 Å². The van der Waals surface area contributed by atoms with Gasteiger partial charge < -0.3 is 15.4 Å². The molecule has 5 heteroatoms. The minimum atomic E-state index is -0.227. The van der Waals surface area contributed by atoms with Crippen molar-refractivity contribution in [3.05, 3.63) is 58.4 Å². The number of rotatable bonds is 2. The minimum absolute atomic E-state index is 0.0728. The van der Waals surface area contributed by atoms with E-state index in [0.717, 1.165) is 29.8 Å². The zero-order valence-corrected chi connectivity index (χ0v) is 14.5. The second kappa shape index (κ2) is 6.48. The summed E-state index contributed by atoms with van der Waals surface area (Å²) >= 11 is 0. The number of hydrogen-bond acceptors (Lipinski definition) is 4. The monoisotopic (exact) mass is 337 g/mol. The largest absolute Gasteiger partial charge is 0.399 e. The van der Waals surface area contributed by atoms with Crippen LogP contribution >= 0.6 is 0 Å². The van der Waals surface area contributed by atoms with Crippen molar-refractivity contribution in [1.29, 1.82) is 0 Å². The lowest BCUT2D eigenvalue weighted by Gasteiger charge is -2.33. The molecule has 1 atom stereocenters. The molecule has 2 N–H and O–H groups in total. The summed E-state index contributed by atoms with van der Waals surface area (Å²) in [6.45, 7) is 3.53. The Kier molecular flexibility index (Phi) is 4.17. The van der Waals surface area contributed by atoms with Crippen LogP contribution in [0.1, 0.15) is 45.4 Å². The maximum atomic E-state index is 12.9. The van der Waals surface area contributed by atoms with Crippen LogP contribution in [-0.4, -0.2) is 35.5 Å². The fourth-order valence-electron chi connectivity index (χ4n) is 3.79. The molecule has 0 spiro atoms. The first kappa shape index (κ1) is 16.1. The minimum Gasteiger partial charge on any atom is -0.399 e. The Balaban J connectivity index is 1.53. The number of aromatic nitrogens is 1. The molecule has 2 aliphatic rings. The first-order valence-electron chi connectivity index (χ1n) is 8.87. The van der Waals surface area contributed by atoms with Crippen molar-refractivity contribution in [1.82, 2.24) is 9.88 Å². The van der Waals surface area contributed by atoms with Gasteiger partial charge in [-0.2, -0.15) is 0 Å². The van der Waals surface area contributed by atoms with Gasteiger partial charge in [-0.05, 0) is 61.6 Å². The number of nitrogens with zero attached hydrogens (tertiary/aromatic N) is 2. The lowest BCUT2D eigenvalue weighted by atomic mass is 10.0. The standard InChI is InChI=1S/C20H23N3O2/c1-13-9-17(21)11-18(22-13)19-12-23(7-8-25-19)20(24)16-6-5-14-3-2-4-15(14)10-16/h5-6,9-11,19H,2-4,7-8,12H2,1H3,(H2,21,22)/t19-/m1/s1. The molecule has 1 saturated heterocycles. The number of amides is 1. The van der Waals surface area contributed by atoms with E-state index in [4.69, 9.17) is 10.5 Å². The fourth-order valence-corrected chi connectivity index (χ4v) is 3.79. The third-order valence-electron chi connectivity index (χ3n) is 5.02. The van der Waals surface area contributed by atoms with Crippen molar-refractivity contribution in [3.8, 4) is 0 Å². The number of morpholine rings is 1. The highest BCUT2D eigenvalue weighted by molar-refractivity contribution is 5.94. The zero-order chi connectivity index (χ0) is 17.4. The number of pyridine rings is 1. The Hall–Kier alpha value is -2.40. The number of fused-ring (bicyclic) bond motifs is 1. The quantitative estimate of drug-likeness (QED) is 0.915. The number of carbonyl (C=O) groups is 1. The van der Waals surface area contributed by atoms with Crippen LogP contribution in [0.5, 0.6) is 0 Å². The van der Waals surface area contributed by atoms with Gasteiger partial charge in [0.05, 0.1) is 18.8 Å². The van der Waals surface area contributed by atoms with Crippen LogP contribution < -0.4 is 5.73 Å². The molecular weight excluding hydrogens is 314 g/mol. The number of hydrogen-bond donors (Lipinski definition) is 1. The van der Waals surface area contributed by atoms with Gasteiger partial charge in [-0.3, -0.25) is 9.78 Å². The molecule has 2 heterocycles. The van der Waals surface area contributed by atoms with Crippen LogP contribution in [0, 0.1) is 6.92 Å². The van der Waals surface area contributed by atoms with Gasteiger partial charge in [-0.25, -0.2) is 0 Å². The summed E-state index contributed by atoms with van der Waals surface area (Å²) in [6, 6.07) is 9.80. The average Bonchev–Trinajstić information content (AvgIpc) is 3.08. The van der Waals surface area contributed by atoms with E-state index in [2.05, 4.69) is 17.1 Å². The lowest BCUT2D eigenvalue weighted by molar-refractivity contribution is -0.0247. The first-order chi connectivity index (χ1) is 12.1. The molecule has 25 heavy (non-hydrogen) atoms. The molecule has 1 fully saturated rings. The highest BCUT2D eigenvalue weighted by Crippen LogP contribution is 2.26. The Morgan fingerprint density at radius 1 is 1.24 bits per heavy atom. The highest BCUT2D eigenvalue weighted by Gasteiger charge is 2.27. The van der Waals surface area contributed by atoms with Crippen LogP contribution in [0.3, 0.4) is 0 Å². The van der Waals surface area contributed by atoms with Crippen molar-refractivity contribution in [2.75, 3.05) is 25.4 Å². The number of benzene rings is 1. The van der Waals surface area contributed by atoms with E-state index < -0.39 is 0 Å². The third kappa shape index (κ3) is 3.24. The molecule has 2 aromatic rings. The predicted molar refractivity (Wildman–Crippen MR) is 96.4 cm³/mol. The Bertz CT molecular complexity index is 798. The summed E-state index contributed by atoms with van der Waals surface area (Å²) < 4.78 is 5.85. The maximum absolute atomic E-state index is 12.9. The van der Waals surface area contributed by atoms with Crippen LogP contribution in [0.25, 0.3) is 0 Å². The van der Waals surface area contributed by atoms with Gasteiger partial charge in [0, 0.05) is 23.5 Å². The van der Waals surface area contributed by atoms with Crippen molar-refractivity contribution < 1.29 is 9.53 Å². The molecule has 130 valence electrons. The van der Waals surface area contributed by atoms with E-state index in [1.165, 1.54) is 17.5 Å². The molecule has 5 nitrogen and oxygen atoms in total. The van der Waals surface area contributed by atoms with Crippen LogP contribution in [0.15, 0.2) is 30.3 Å². The van der Waals surface area contributed by atoms with Gasteiger partial charge in [-0.1, -0.05) is 6.07 Å². The van der Waals surface area contributed by atoms with Gasteiger partial charge in [0.15, 0.2) is 0 Å². The summed E-state index contributed by atoms with van der Waals surface area (Å²) in [5, 5.41) is 0. The topological polar surface area (TPSA) is 68.5 Å². The summed E-state index contributed by atoms with van der Waals surface area (Å²) in [5.41, 5.74) is 11.7. The number of ether oxygens (including phenoxy) is 1. The molecule has 1 aromatic heterocycles. The van der Waals surface area contributed by atoms with Crippen LogP contribution in [-0.2, 0) is 17.6 Å². The lowest BCUT2D eigenvalue weighted by Crippen LogP contribution is -2.42. The van der Waals surface area contributed by atoms with Gasteiger partial charge in [0.1, 0.15) is 6.10 Å². The van der Waals surface area contributed by atoms with E-state index in [9.17, 15) is 4.79 Å². The smallest absolute Gasteiger partial charge is 0.254 e. The number of nitrogen functional groups attached to an aromatic ring is 1. The Morgan fingerprint density at radius 2 is 2.08 bits per heavy atom. The molecule has 0 radical (unpaired) electrons. The average molecular weight is 337 g/mol. The predicted octanol–water partition coefficient (Wildman–Crippen LogP) is 2.67. The first-order valence-corrected chi connectivity index (χ1v) is 8.87. The van der Waals surface area contributed by atoms with Crippen LogP contribution in [0.4, 0.5) is 5.69 Å². The van der Waals surface area contributed by atoms with Crippen molar-refractivity contribution in [3.63, 3.8) is 0 Å². The molecule has 0 saturated carbocycles. The van der Waals surface area contributed by atoms with Gasteiger partial charge in [0.2, 0.25) is 0 Å². The van der Waals surface area contributed by atoms with Gasteiger partial charge in [-0.15, -0.1) is 0 Å². The van der Waals surface area contributed by atoms with Gasteiger partial charge >= 0.3 is 0 Å². The third-order valence-corrected chi connectivity index (χ3v) is 5.02. The fraction of sp³-hybridized carbons (Fsp3) is 0.400. The van der Waals surface area contributed by atoms with E-state index >= 15 is 0 Å². The van der Waals surface area contributed by atoms with E-state index in [0.29, 0.717) is 25.4 Å². The summed E-state index contributed by atoms with van der Waals surface area (Å²) in [6.07, 6.45) is 3.17. The SMILES string of the molecule is Cc1cc(N)cc([C@H]2CN(C(=O)c3ccc4c(c3)CCC4)CCO2)n1. The summed E-state index contributed by atoms with van der Waals surface area (Å²) in [7, 11) is 0. The second-order valence-corrected chi connectivity index (χ2v) is 6.91. The normalized spacial score (nSPS) is 19.7. The molecular formula is C20H23N3O2. The maximum Gasteiger partial charge on any atom is 0.254 e.